The molecular weight excluding hydrogens is 208 g/mol. The topological polar surface area (TPSA) is 27.8 Å². The first-order valence-corrected chi connectivity index (χ1v) is 6.62. The highest BCUT2D eigenvalue weighted by atomic mass is 15.0. The highest BCUT2D eigenvalue weighted by Crippen LogP contribution is 2.26. The van der Waals surface area contributed by atoms with E-state index in [4.69, 9.17) is 0 Å². The van der Waals surface area contributed by atoms with E-state index in [1.165, 1.54) is 40.6 Å². The number of aromatic amines is 1. The molecule has 2 aromatic rings. The van der Waals surface area contributed by atoms with Crippen molar-refractivity contribution < 1.29 is 0 Å². The average Bonchev–Trinajstić information content (AvgIpc) is 3.12. The molecule has 0 saturated heterocycles. The lowest BCUT2D eigenvalue weighted by atomic mass is 10.1. The minimum absolute atomic E-state index is 0.770. The molecule has 3 rings (SSSR count). The normalized spacial score (nSPS) is 15.6. The Kier molecular flexibility index (Phi) is 2.67. The molecule has 17 heavy (non-hydrogen) atoms. The third kappa shape index (κ3) is 1.98. The van der Waals surface area contributed by atoms with Gasteiger partial charge < -0.3 is 10.3 Å². The predicted octanol–water partition coefficient (Wildman–Crippen LogP) is 3.29. The largest absolute Gasteiger partial charge is 0.357 e. The molecule has 1 aromatic heterocycles. The smallest absolute Gasteiger partial charge is 0.0491 e. The van der Waals surface area contributed by atoms with Crippen LogP contribution < -0.4 is 5.32 Å². The summed E-state index contributed by atoms with van der Waals surface area (Å²) in [5, 5.41) is 4.97. The van der Waals surface area contributed by atoms with Crippen molar-refractivity contribution in [1.29, 1.82) is 0 Å². The van der Waals surface area contributed by atoms with Crippen molar-refractivity contribution in [3.8, 4) is 0 Å². The van der Waals surface area contributed by atoms with Crippen LogP contribution in [0.25, 0.3) is 10.9 Å². The lowest BCUT2D eigenvalue weighted by Gasteiger charge is -2.01. The van der Waals surface area contributed by atoms with Gasteiger partial charge in [-0.15, -0.1) is 0 Å². The summed E-state index contributed by atoms with van der Waals surface area (Å²) in [4.78, 5) is 3.60. The Balaban J connectivity index is 1.97. The van der Waals surface area contributed by atoms with Gasteiger partial charge in [0.1, 0.15) is 0 Å². The number of hydrogen-bond donors (Lipinski definition) is 2. The fourth-order valence-corrected chi connectivity index (χ4v) is 2.47. The molecule has 0 bridgehead atoms. The van der Waals surface area contributed by atoms with Crippen LogP contribution in [0.5, 0.6) is 0 Å². The van der Waals surface area contributed by atoms with Gasteiger partial charge in [0.05, 0.1) is 0 Å². The zero-order valence-corrected chi connectivity index (χ0v) is 10.6. The Labute approximate surface area is 102 Å². The fourth-order valence-electron chi connectivity index (χ4n) is 2.47. The SMILES string of the molecule is CCc1cccc2c(C)c(CNC3CC3)[nH]c12. The van der Waals surface area contributed by atoms with Crippen LogP contribution in [0.15, 0.2) is 18.2 Å². The van der Waals surface area contributed by atoms with Gasteiger partial charge in [0.25, 0.3) is 0 Å². The maximum absolute atomic E-state index is 3.60. The van der Waals surface area contributed by atoms with Gasteiger partial charge >= 0.3 is 0 Å². The lowest BCUT2D eigenvalue weighted by Crippen LogP contribution is -2.16. The van der Waals surface area contributed by atoms with Crippen molar-refractivity contribution in [1.82, 2.24) is 10.3 Å². The summed E-state index contributed by atoms with van der Waals surface area (Å²) in [6.07, 6.45) is 3.78. The molecule has 90 valence electrons. The van der Waals surface area contributed by atoms with E-state index in [9.17, 15) is 0 Å². The standard InChI is InChI=1S/C15H20N2/c1-3-11-5-4-6-13-10(2)14(17-15(11)13)9-16-12-7-8-12/h4-6,12,16-17H,3,7-9H2,1-2H3. The Bertz CT molecular complexity index is 535. The van der Waals surface area contributed by atoms with Crippen LogP contribution >= 0.6 is 0 Å². The maximum Gasteiger partial charge on any atom is 0.0491 e. The third-order valence-electron chi connectivity index (χ3n) is 3.81. The predicted molar refractivity (Wildman–Crippen MR) is 72.3 cm³/mol. The number of H-pyrrole nitrogens is 1. The summed E-state index contributed by atoms with van der Waals surface area (Å²) in [7, 11) is 0. The molecule has 0 aliphatic heterocycles. The zero-order valence-electron chi connectivity index (χ0n) is 10.6. The fraction of sp³-hybridized carbons (Fsp3) is 0.467. The Morgan fingerprint density at radius 3 is 2.88 bits per heavy atom. The number of hydrogen-bond acceptors (Lipinski definition) is 1. The van der Waals surface area contributed by atoms with Gasteiger partial charge in [-0.3, -0.25) is 0 Å². The molecule has 0 radical (unpaired) electrons. The van der Waals surface area contributed by atoms with Crippen molar-refractivity contribution in [2.75, 3.05) is 0 Å². The molecular formula is C15H20N2. The summed E-state index contributed by atoms with van der Waals surface area (Å²) in [5.41, 5.74) is 5.51. The number of rotatable bonds is 4. The van der Waals surface area contributed by atoms with E-state index in [1.54, 1.807) is 0 Å². The highest BCUT2D eigenvalue weighted by molar-refractivity contribution is 5.87. The van der Waals surface area contributed by atoms with E-state index in [2.05, 4.69) is 42.3 Å². The zero-order chi connectivity index (χ0) is 11.8. The van der Waals surface area contributed by atoms with Gasteiger partial charge in [-0.2, -0.15) is 0 Å². The van der Waals surface area contributed by atoms with E-state index in [0.717, 1.165) is 19.0 Å². The maximum atomic E-state index is 3.60. The number of fused-ring (bicyclic) bond motifs is 1. The first kappa shape index (κ1) is 10.8. The summed E-state index contributed by atoms with van der Waals surface area (Å²) in [6.45, 7) is 5.42. The molecule has 1 saturated carbocycles. The average molecular weight is 228 g/mol. The molecule has 0 spiro atoms. The first-order chi connectivity index (χ1) is 8.29. The first-order valence-electron chi connectivity index (χ1n) is 6.62. The molecule has 1 aromatic carbocycles. The van der Waals surface area contributed by atoms with Crippen molar-refractivity contribution in [3.63, 3.8) is 0 Å². The van der Waals surface area contributed by atoms with Gasteiger partial charge in [-0.1, -0.05) is 25.1 Å². The van der Waals surface area contributed by atoms with E-state index in [0.29, 0.717) is 0 Å². The second-order valence-electron chi connectivity index (χ2n) is 5.08. The second-order valence-corrected chi connectivity index (χ2v) is 5.08. The van der Waals surface area contributed by atoms with Crippen LogP contribution in [0.2, 0.25) is 0 Å². The van der Waals surface area contributed by atoms with Crippen LogP contribution in [-0.4, -0.2) is 11.0 Å². The van der Waals surface area contributed by atoms with Crippen LogP contribution in [0.3, 0.4) is 0 Å². The molecule has 2 heteroatoms. The van der Waals surface area contributed by atoms with Crippen LogP contribution in [0.4, 0.5) is 0 Å². The van der Waals surface area contributed by atoms with E-state index in [-0.39, 0.29) is 0 Å². The molecule has 1 fully saturated rings. The van der Waals surface area contributed by atoms with Crippen molar-refractivity contribution >= 4 is 10.9 Å². The monoisotopic (exact) mass is 228 g/mol. The third-order valence-corrected chi connectivity index (χ3v) is 3.81. The lowest BCUT2D eigenvalue weighted by molar-refractivity contribution is 0.675. The minimum atomic E-state index is 0.770. The number of benzene rings is 1. The van der Waals surface area contributed by atoms with Gasteiger partial charge in [-0.05, 0) is 37.3 Å². The molecule has 0 atom stereocenters. The Morgan fingerprint density at radius 1 is 1.35 bits per heavy atom. The number of para-hydroxylation sites is 1. The van der Waals surface area contributed by atoms with Crippen molar-refractivity contribution in [2.24, 2.45) is 0 Å². The van der Waals surface area contributed by atoms with Crippen LogP contribution in [0, 0.1) is 6.92 Å². The molecule has 1 aliphatic rings. The Morgan fingerprint density at radius 2 is 2.18 bits per heavy atom. The van der Waals surface area contributed by atoms with Gasteiger partial charge in [-0.25, -0.2) is 0 Å². The molecule has 1 aliphatic carbocycles. The number of aromatic nitrogens is 1. The van der Waals surface area contributed by atoms with Crippen LogP contribution in [0.1, 0.15) is 36.6 Å². The van der Waals surface area contributed by atoms with Gasteiger partial charge in [0.15, 0.2) is 0 Å². The highest BCUT2D eigenvalue weighted by Gasteiger charge is 2.21. The number of nitrogens with one attached hydrogen (secondary N) is 2. The summed E-state index contributed by atoms with van der Waals surface area (Å²) < 4.78 is 0. The minimum Gasteiger partial charge on any atom is -0.357 e. The van der Waals surface area contributed by atoms with E-state index in [1.807, 2.05) is 0 Å². The van der Waals surface area contributed by atoms with E-state index >= 15 is 0 Å². The van der Waals surface area contributed by atoms with E-state index < -0.39 is 0 Å². The summed E-state index contributed by atoms with van der Waals surface area (Å²) in [6, 6.07) is 7.38. The number of aryl methyl sites for hydroxylation is 2. The van der Waals surface area contributed by atoms with Crippen LogP contribution in [-0.2, 0) is 13.0 Å². The van der Waals surface area contributed by atoms with Gasteiger partial charge in [0, 0.05) is 29.2 Å². The van der Waals surface area contributed by atoms with Crippen molar-refractivity contribution in [3.05, 3.63) is 35.0 Å². The molecule has 2 N–H and O–H groups in total. The van der Waals surface area contributed by atoms with Gasteiger partial charge in [0.2, 0.25) is 0 Å². The Hall–Kier alpha value is -1.28. The quantitative estimate of drug-likeness (QED) is 0.825. The second kappa shape index (κ2) is 4.19. The van der Waals surface area contributed by atoms with Crippen molar-refractivity contribution in [2.45, 2.75) is 45.7 Å². The molecule has 1 heterocycles. The molecule has 0 amide bonds. The molecule has 2 nitrogen and oxygen atoms in total. The molecule has 0 unspecified atom stereocenters. The summed E-state index contributed by atoms with van der Waals surface area (Å²) in [5.74, 6) is 0. The summed E-state index contributed by atoms with van der Waals surface area (Å²) >= 11 is 0.